The molecule has 1 heterocycles. The predicted octanol–water partition coefficient (Wildman–Crippen LogP) is 4.55. The number of benzene rings is 2. The van der Waals surface area contributed by atoms with Gasteiger partial charge < -0.3 is 9.52 Å². The standard InChI is InChI=1S/C16H9Cl2NO3.Co/c17-11-1-3-14(20)10(6-11)8-19-13-7-9-5-12(18)2-4-15(9)22-16(13)21;/h1-8,20H;. The van der Waals surface area contributed by atoms with E-state index in [1.54, 1.807) is 36.4 Å². The quantitative estimate of drug-likeness (QED) is 0.513. The van der Waals surface area contributed by atoms with Crippen LogP contribution in [-0.4, -0.2) is 11.3 Å². The molecule has 23 heavy (non-hydrogen) atoms. The number of fused-ring (bicyclic) bond motifs is 1. The Morgan fingerprint density at radius 1 is 1.04 bits per heavy atom. The molecular weight excluding hydrogens is 384 g/mol. The molecule has 2 aromatic carbocycles. The molecule has 0 atom stereocenters. The van der Waals surface area contributed by atoms with Gasteiger partial charge in [0.1, 0.15) is 17.0 Å². The van der Waals surface area contributed by atoms with Crippen molar-refractivity contribution >= 4 is 46.1 Å². The maximum absolute atomic E-state index is 11.9. The van der Waals surface area contributed by atoms with Crippen LogP contribution in [0.2, 0.25) is 10.0 Å². The Labute approximate surface area is 151 Å². The number of aromatic hydroxyl groups is 1. The third-order valence-electron chi connectivity index (χ3n) is 3.01. The number of phenolic OH excluding ortho intramolecular Hbond substituents is 1. The van der Waals surface area contributed by atoms with Crippen LogP contribution < -0.4 is 5.63 Å². The van der Waals surface area contributed by atoms with Crippen molar-refractivity contribution < 1.29 is 26.3 Å². The summed E-state index contributed by atoms with van der Waals surface area (Å²) in [5.74, 6) is 0.0152. The van der Waals surface area contributed by atoms with E-state index in [9.17, 15) is 9.90 Å². The molecule has 0 saturated carbocycles. The van der Waals surface area contributed by atoms with Crippen molar-refractivity contribution in [1.29, 1.82) is 0 Å². The van der Waals surface area contributed by atoms with Crippen molar-refractivity contribution in [1.82, 2.24) is 0 Å². The van der Waals surface area contributed by atoms with Gasteiger partial charge in [0.15, 0.2) is 0 Å². The van der Waals surface area contributed by atoms with Crippen molar-refractivity contribution in [2.45, 2.75) is 0 Å². The Morgan fingerprint density at radius 3 is 2.52 bits per heavy atom. The van der Waals surface area contributed by atoms with Gasteiger partial charge in [-0.15, -0.1) is 0 Å². The van der Waals surface area contributed by atoms with Crippen molar-refractivity contribution in [3.63, 3.8) is 0 Å². The van der Waals surface area contributed by atoms with Crippen LogP contribution in [0.25, 0.3) is 11.0 Å². The van der Waals surface area contributed by atoms with Crippen LogP contribution in [0, 0.1) is 0 Å². The minimum Gasteiger partial charge on any atom is -0.507 e. The van der Waals surface area contributed by atoms with Crippen molar-refractivity contribution in [3.8, 4) is 5.75 Å². The molecule has 0 unspecified atom stereocenters. The van der Waals surface area contributed by atoms with Crippen LogP contribution in [0.5, 0.6) is 5.75 Å². The molecule has 119 valence electrons. The molecule has 0 aliphatic heterocycles. The molecule has 4 nitrogen and oxygen atoms in total. The second-order valence-electron chi connectivity index (χ2n) is 4.56. The van der Waals surface area contributed by atoms with Gasteiger partial charge in [0.25, 0.3) is 0 Å². The second kappa shape index (κ2) is 7.19. The van der Waals surface area contributed by atoms with Crippen LogP contribution in [0.1, 0.15) is 5.56 Å². The van der Waals surface area contributed by atoms with E-state index in [1.165, 1.54) is 12.3 Å². The van der Waals surface area contributed by atoms with Crippen molar-refractivity contribution in [3.05, 3.63) is 68.5 Å². The van der Waals surface area contributed by atoms with Gasteiger partial charge in [-0.2, -0.15) is 0 Å². The van der Waals surface area contributed by atoms with Crippen molar-refractivity contribution in [2.24, 2.45) is 4.99 Å². The summed E-state index contributed by atoms with van der Waals surface area (Å²) < 4.78 is 5.17. The average Bonchev–Trinajstić information content (AvgIpc) is 2.48. The van der Waals surface area contributed by atoms with E-state index in [1.807, 2.05) is 0 Å². The molecule has 7 heteroatoms. The fourth-order valence-electron chi connectivity index (χ4n) is 1.94. The van der Waals surface area contributed by atoms with E-state index in [-0.39, 0.29) is 28.2 Å². The van der Waals surface area contributed by atoms with Gasteiger partial charge in [0, 0.05) is 44.0 Å². The summed E-state index contributed by atoms with van der Waals surface area (Å²) in [7, 11) is 0. The normalized spacial score (nSPS) is 10.9. The molecule has 3 aromatic rings. The fraction of sp³-hybridized carbons (Fsp3) is 0. The molecule has 0 aliphatic carbocycles. The third-order valence-corrected chi connectivity index (χ3v) is 3.48. The summed E-state index contributed by atoms with van der Waals surface area (Å²) in [6.07, 6.45) is 1.35. The van der Waals surface area contributed by atoms with E-state index in [0.29, 0.717) is 26.6 Å². The van der Waals surface area contributed by atoms with E-state index in [0.717, 1.165) is 0 Å². The van der Waals surface area contributed by atoms with Crippen LogP contribution >= 0.6 is 23.2 Å². The molecule has 0 spiro atoms. The summed E-state index contributed by atoms with van der Waals surface area (Å²) in [5, 5.41) is 11.4. The summed E-state index contributed by atoms with van der Waals surface area (Å²) in [6.45, 7) is 0. The molecule has 0 bridgehead atoms. The molecule has 1 N–H and O–H groups in total. The first-order valence-corrected chi connectivity index (χ1v) is 7.04. The molecule has 1 aromatic heterocycles. The minimum atomic E-state index is -0.576. The van der Waals surface area contributed by atoms with Crippen LogP contribution in [0.4, 0.5) is 5.69 Å². The van der Waals surface area contributed by atoms with Gasteiger partial charge >= 0.3 is 5.63 Å². The molecule has 1 radical (unpaired) electrons. The molecular formula is C16H9Cl2CoNO3. The Kier molecular flexibility index (Phi) is 5.49. The zero-order valence-electron chi connectivity index (χ0n) is 11.4. The van der Waals surface area contributed by atoms with Crippen LogP contribution in [0.3, 0.4) is 0 Å². The van der Waals surface area contributed by atoms with Gasteiger partial charge in [-0.25, -0.2) is 9.79 Å². The van der Waals surface area contributed by atoms with Crippen molar-refractivity contribution in [2.75, 3.05) is 0 Å². The number of nitrogens with zero attached hydrogens (tertiary/aromatic N) is 1. The zero-order chi connectivity index (χ0) is 15.7. The number of rotatable bonds is 2. The summed E-state index contributed by atoms with van der Waals surface area (Å²) >= 11 is 11.8. The molecule has 0 amide bonds. The Bertz CT molecular complexity index is 954. The van der Waals surface area contributed by atoms with E-state index in [4.69, 9.17) is 27.6 Å². The monoisotopic (exact) mass is 392 g/mol. The summed E-state index contributed by atoms with van der Waals surface area (Å²) in [5.41, 5.74) is 0.360. The second-order valence-corrected chi connectivity index (χ2v) is 5.44. The number of aliphatic imine (C=N–C) groups is 1. The van der Waals surface area contributed by atoms with Gasteiger partial charge in [0.05, 0.1) is 0 Å². The molecule has 3 rings (SSSR count). The molecule has 0 saturated heterocycles. The number of hydrogen-bond acceptors (Lipinski definition) is 4. The van der Waals surface area contributed by atoms with Gasteiger partial charge in [-0.1, -0.05) is 23.2 Å². The number of phenols is 1. The predicted molar refractivity (Wildman–Crippen MR) is 87.9 cm³/mol. The van der Waals surface area contributed by atoms with Gasteiger partial charge in [0.2, 0.25) is 0 Å². The Balaban J connectivity index is 0.00000192. The van der Waals surface area contributed by atoms with Gasteiger partial charge in [-0.05, 0) is 42.5 Å². The first kappa shape index (κ1) is 17.6. The maximum Gasteiger partial charge on any atom is 0.362 e. The number of halogens is 2. The fourth-order valence-corrected chi connectivity index (χ4v) is 2.30. The van der Waals surface area contributed by atoms with E-state index in [2.05, 4.69) is 4.99 Å². The molecule has 0 fully saturated rings. The van der Waals surface area contributed by atoms with Crippen LogP contribution in [-0.2, 0) is 16.8 Å². The first-order chi connectivity index (χ1) is 10.5. The SMILES string of the molecule is O=c1oc2ccc(Cl)cc2cc1N=Cc1cc(Cl)ccc1O.[Co]. The van der Waals surface area contributed by atoms with E-state index < -0.39 is 5.63 Å². The number of hydrogen-bond donors (Lipinski definition) is 1. The summed E-state index contributed by atoms with van der Waals surface area (Å²) in [6, 6.07) is 11.1. The third kappa shape index (κ3) is 3.94. The Hall–Kier alpha value is -1.79. The molecule has 0 aliphatic rings. The smallest absolute Gasteiger partial charge is 0.362 e. The first-order valence-electron chi connectivity index (χ1n) is 6.29. The minimum absolute atomic E-state index is 0. The average molecular weight is 393 g/mol. The van der Waals surface area contributed by atoms with Crippen LogP contribution in [0.15, 0.2) is 56.7 Å². The topological polar surface area (TPSA) is 62.8 Å². The maximum atomic E-state index is 11.9. The Morgan fingerprint density at radius 2 is 1.74 bits per heavy atom. The van der Waals surface area contributed by atoms with E-state index >= 15 is 0 Å². The largest absolute Gasteiger partial charge is 0.507 e. The van der Waals surface area contributed by atoms with Gasteiger partial charge in [-0.3, -0.25) is 0 Å². The zero-order valence-corrected chi connectivity index (χ0v) is 14.0. The summed E-state index contributed by atoms with van der Waals surface area (Å²) in [4.78, 5) is 16.0.